The van der Waals surface area contributed by atoms with Crippen LogP contribution in [0.5, 0.6) is 0 Å². The normalized spacial score (nSPS) is 26.5. The molecule has 0 radical (unpaired) electrons. The van der Waals surface area contributed by atoms with Crippen molar-refractivity contribution in [3.05, 3.63) is 71.3 Å². The maximum atomic E-state index is 10.2. The molecule has 0 saturated carbocycles. The van der Waals surface area contributed by atoms with Gasteiger partial charge in [0.05, 0.1) is 18.8 Å². The summed E-state index contributed by atoms with van der Waals surface area (Å²) in [5.74, 6) is 6.18. The molecule has 0 spiro atoms. The van der Waals surface area contributed by atoms with Crippen LogP contribution in [0.25, 0.3) is 0 Å². The molecule has 0 amide bonds. The topological polar surface area (TPSA) is 69.9 Å². The second-order valence-corrected chi connectivity index (χ2v) is 5.90. The Hall–Kier alpha value is -2.16. The van der Waals surface area contributed by atoms with Crippen LogP contribution in [0.2, 0.25) is 0 Å². The summed E-state index contributed by atoms with van der Waals surface area (Å²) in [6.45, 7) is -0.187. The van der Waals surface area contributed by atoms with Gasteiger partial charge in [-0.15, -0.1) is 0 Å². The van der Waals surface area contributed by atoms with E-state index in [0.717, 1.165) is 16.7 Å². The molecule has 0 bridgehead atoms. The second kappa shape index (κ2) is 7.61. The molecular weight excluding hydrogens is 304 g/mol. The van der Waals surface area contributed by atoms with Gasteiger partial charge in [0.1, 0.15) is 12.2 Å². The van der Waals surface area contributed by atoms with E-state index in [1.807, 2.05) is 54.6 Å². The lowest BCUT2D eigenvalue weighted by Crippen LogP contribution is -2.44. The fourth-order valence-electron chi connectivity index (χ4n) is 2.81. The Bertz CT molecular complexity index is 732. The van der Waals surface area contributed by atoms with Crippen LogP contribution in [0, 0.1) is 11.8 Å². The molecule has 2 aromatic carbocycles. The van der Waals surface area contributed by atoms with Gasteiger partial charge in [-0.1, -0.05) is 42.2 Å². The summed E-state index contributed by atoms with van der Waals surface area (Å²) >= 11 is 0. The number of hydrogen-bond donors (Lipinski definition) is 3. The Kier molecular flexibility index (Phi) is 5.29. The van der Waals surface area contributed by atoms with Crippen molar-refractivity contribution >= 4 is 0 Å². The number of benzene rings is 2. The molecule has 4 nitrogen and oxygen atoms in total. The Morgan fingerprint density at radius 2 is 1.67 bits per heavy atom. The highest BCUT2D eigenvalue weighted by atomic mass is 16.5. The average Bonchev–Trinajstić information content (AvgIpc) is 2.63. The minimum atomic E-state index is -1.02. The van der Waals surface area contributed by atoms with Gasteiger partial charge in [-0.3, -0.25) is 0 Å². The molecule has 4 heteroatoms. The molecule has 0 aliphatic carbocycles. The summed E-state index contributed by atoms with van der Waals surface area (Å²) < 4.78 is 5.71. The van der Waals surface area contributed by atoms with Crippen molar-refractivity contribution in [1.29, 1.82) is 0 Å². The molecule has 3 rings (SSSR count). The summed E-state index contributed by atoms with van der Waals surface area (Å²) in [7, 11) is 0. The third-order valence-corrected chi connectivity index (χ3v) is 4.09. The van der Waals surface area contributed by atoms with Gasteiger partial charge in [0.15, 0.2) is 0 Å². The summed E-state index contributed by atoms with van der Waals surface area (Å²) in [6.07, 6.45) is -2.87. The predicted molar refractivity (Wildman–Crippen MR) is 90.2 cm³/mol. The van der Waals surface area contributed by atoms with E-state index in [2.05, 4.69) is 11.8 Å². The molecule has 3 N–H and O–H groups in total. The highest BCUT2D eigenvalue weighted by Crippen LogP contribution is 2.32. The number of hydrogen-bond acceptors (Lipinski definition) is 4. The first-order valence-electron chi connectivity index (χ1n) is 7.97. The fraction of sp³-hybridized carbons (Fsp3) is 0.300. The third kappa shape index (κ3) is 3.84. The lowest BCUT2D eigenvalue weighted by atomic mass is 9.92. The summed E-state index contributed by atoms with van der Waals surface area (Å²) in [5.41, 5.74) is 2.46. The Labute approximate surface area is 141 Å². The molecule has 1 saturated heterocycles. The van der Waals surface area contributed by atoms with Crippen LogP contribution >= 0.6 is 0 Å². The van der Waals surface area contributed by atoms with Crippen molar-refractivity contribution in [2.24, 2.45) is 0 Å². The maximum absolute atomic E-state index is 10.2. The van der Waals surface area contributed by atoms with Crippen LogP contribution in [-0.4, -0.2) is 40.2 Å². The number of aliphatic hydroxyl groups is 3. The van der Waals surface area contributed by atoms with Gasteiger partial charge in [-0.05, 0) is 29.8 Å². The number of ether oxygens (including phenoxy) is 1. The quantitative estimate of drug-likeness (QED) is 0.735. The summed E-state index contributed by atoms with van der Waals surface area (Å²) in [4.78, 5) is 0. The second-order valence-electron chi connectivity index (χ2n) is 5.90. The Morgan fingerprint density at radius 1 is 0.958 bits per heavy atom. The fourth-order valence-corrected chi connectivity index (χ4v) is 2.81. The Balaban J connectivity index is 1.83. The molecule has 0 aromatic heterocycles. The minimum Gasteiger partial charge on any atom is -0.394 e. The first-order chi connectivity index (χ1) is 11.7. The van der Waals surface area contributed by atoms with Crippen molar-refractivity contribution in [2.45, 2.75) is 30.8 Å². The van der Waals surface area contributed by atoms with Crippen molar-refractivity contribution in [2.75, 3.05) is 6.61 Å². The van der Waals surface area contributed by atoms with Crippen molar-refractivity contribution in [3.63, 3.8) is 0 Å². The molecule has 1 aliphatic rings. The molecule has 4 atom stereocenters. The van der Waals surface area contributed by atoms with Gasteiger partial charge in [0.25, 0.3) is 0 Å². The van der Waals surface area contributed by atoms with E-state index < -0.39 is 24.4 Å². The minimum absolute atomic E-state index is 0.187. The van der Waals surface area contributed by atoms with Crippen LogP contribution in [0.3, 0.4) is 0 Å². The standard InChI is InChI=1S/C20H20O4/c21-13-17-12-18(22)19(23)20(24-17)16-8-4-7-15(11-16)10-9-14-5-2-1-3-6-14/h1-8,11,17-23H,12-13H2/t17-,18-,19-,20+/m0/s1. The molecule has 1 aliphatic heterocycles. The lowest BCUT2D eigenvalue weighted by Gasteiger charge is -2.36. The average molecular weight is 324 g/mol. The van der Waals surface area contributed by atoms with E-state index in [0.29, 0.717) is 0 Å². The van der Waals surface area contributed by atoms with Crippen LogP contribution < -0.4 is 0 Å². The van der Waals surface area contributed by atoms with E-state index in [4.69, 9.17) is 4.74 Å². The predicted octanol–water partition coefficient (Wildman–Crippen LogP) is 1.63. The van der Waals surface area contributed by atoms with E-state index in [9.17, 15) is 15.3 Å². The van der Waals surface area contributed by atoms with E-state index >= 15 is 0 Å². The van der Waals surface area contributed by atoms with Gasteiger partial charge < -0.3 is 20.1 Å². The van der Waals surface area contributed by atoms with Crippen molar-refractivity contribution < 1.29 is 20.1 Å². The van der Waals surface area contributed by atoms with Gasteiger partial charge in [-0.25, -0.2) is 0 Å². The van der Waals surface area contributed by atoms with Crippen LogP contribution in [0.15, 0.2) is 54.6 Å². The summed E-state index contributed by atoms with van der Waals surface area (Å²) in [6, 6.07) is 17.1. The van der Waals surface area contributed by atoms with Crippen LogP contribution in [-0.2, 0) is 4.74 Å². The van der Waals surface area contributed by atoms with E-state index in [1.165, 1.54) is 0 Å². The van der Waals surface area contributed by atoms with Crippen LogP contribution in [0.4, 0.5) is 0 Å². The zero-order chi connectivity index (χ0) is 16.9. The number of rotatable bonds is 2. The van der Waals surface area contributed by atoms with Crippen molar-refractivity contribution in [1.82, 2.24) is 0 Å². The highest BCUT2D eigenvalue weighted by molar-refractivity contribution is 5.44. The zero-order valence-corrected chi connectivity index (χ0v) is 13.2. The van der Waals surface area contributed by atoms with Crippen molar-refractivity contribution in [3.8, 4) is 11.8 Å². The Morgan fingerprint density at radius 3 is 2.42 bits per heavy atom. The van der Waals surface area contributed by atoms with E-state index in [1.54, 1.807) is 0 Å². The number of aliphatic hydroxyl groups excluding tert-OH is 3. The molecule has 24 heavy (non-hydrogen) atoms. The molecule has 0 unspecified atom stereocenters. The SMILES string of the molecule is OC[C@@H]1C[C@H](O)[C@H](O)[C@@H](c2cccc(C#Cc3ccccc3)c2)O1. The van der Waals surface area contributed by atoms with Crippen LogP contribution in [0.1, 0.15) is 29.2 Å². The lowest BCUT2D eigenvalue weighted by molar-refractivity contribution is -0.179. The highest BCUT2D eigenvalue weighted by Gasteiger charge is 2.37. The van der Waals surface area contributed by atoms with E-state index in [-0.39, 0.29) is 13.0 Å². The zero-order valence-electron chi connectivity index (χ0n) is 13.2. The largest absolute Gasteiger partial charge is 0.394 e. The molecule has 2 aromatic rings. The molecule has 124 valence electrons. The maximum Gasteiger partial charge on any atom is 0.111 e. The van der Waals surface area contributed by atoms with Gasteiger partial charge in [0, 0.05) is 17.5 Å². The molecule has 1 heterocycles. The van der Waals surface area contributed by atoms with Gasteiger partial charge in [0.2, 0.25) is 0 Å². The first-order valence-corrected chi connectivity index (χ1v) is 7.97. The third-order valence-electron chi connectivity index (χ3n) is 4.09. The smallest absolute Gasteiger partial charge is 0.111 e. The molecule has 1 fully saturated rings. The molecular formula is C20H20O4. The van der Waals surface area contributed by atoms with Gasteiger partial charge >= 0.3 is 0 Å². The first kappa shape index (κ1) is 16.7. The van der Waals surface area contributed by atoms with Gasteiger partial charge in [-0.2, -0.15) is 0 Å². The summed E-state index contributed by atoms with van der Waals surface area (Å²) in [5, 5.41) is 29.5. The monoisotopic (exact) mass is 324 g/mol.